The normalized spacial score (nSPS) is 16.8. The van der Waals surface area contributed by atoms with E-state index in [2.05, 4.69) is 9.71 Å². The summed E-state index contributed by atoms with van der Waals surface area (Å²) in [6, 6.07) is 21.3. The van der Waals surface area contributed by atoms with E-state index >= 15 is 0 Å². The quantitative estimate of drug-likeness (QED) is 0.331. The zero-order valence-electron chi connectivity index (χ0n) is 21.0. The Morgan fingerprint density at radius 1 is 0.974 bits per heavy atom. The summed E-state index contributed by atoms with van der Waals surface area (Å²) in [5.41, 5.74) is 3.53. The molecule has 39 heavy (non-hydrogen) atoms. The molecule has 9 heteroatoms. The van der Waals surface area contributed by atoms with Crippen molar-refractivity contribution in [2.24, 2.45) is 0 Å². The molecule has 2 heterocycles. The van der Waals surface area contributed by atoms with Gasteiger partial charge in [-0.05, 0) is 67.3 Å². The Morgan fingerprint density at radius 2 is 1.72 bits per heavy atom. The maximum absolute atomic E-state index is 13.2. The van der Waals surface area contributed by atoms with Crippen LogP contribution in [0.4, 0.5) is 0 Å². The van der Waals surface area contributed by atoms with Crippen LogP contribution in [0.1, 0.15) is 46.2 Å². The first-order valence-electron chi connectivity index (χ1n) is 12.4. The Kier molecular flexibility index (Phi) is 5.95. The van der Waals surface area contributed by atoms with Crippen molar-refractivity contribution >= 4 is 27.8 Å². The van der Waals surface area contributed by atoms with Crippen LogP contribution >= 0.6 is 0 Å². The van der Waals surface area contributed by atoms with Gasteiger partial charge in [0.2, 0.25) is 15.9 Å². The molecule has 1 N–H and O–H groups in total. The number of benzene rings is 3. The average Bonchev–Trinajstić information content (AvgIpc) is 3.55. The summed E-state index contributed by atoms with van der Waals surface area (Å²) in [6.07, 6.45) is 4.19. The maximum atomic E-state index is 13.2. The van der Waals surface area contributed by atoms with Crippen molar-refractivity contribution in [1.82, 2.24) is 9.71 Å². The van der Waals surface area contributed by atoms with Gasteiger partial charge < -0.3 is 9.15 Å². The van der Waals surface area contributed by atoms with Crippen LogP contribution < -0.4 is 9.46 Å². The van der Waals surface area contributed by atoms with E-state index < -0.39 is 20.7 Å². The summed E-state index contributed by atoms with van der Waals surface area (Å²) in [5, 5.41) is 0. The number of sulfonamides is 1. The van der Waals surface area contributed by atoms with Gasteiger partial charge in [-0.3, -0.25) is 9.59 Å². The topological polar surface area (TPSA) is 116 Å². The van der Waals surface area contributed by atoms with Gasteiger partial charge in [0, 0.05) is 16.7 Å². The molecule has 2 aliphatic rings. The molecule has 0 saturated heterocycles. The van der Waals surface area contributed by atoms with Gasteiger partial charge in [-0.2, -0.15) is 0 Å². The van der Waals surface area contributed by atoms with Gasteiger partial charge in [0.05, 0.1) is 10.3 Å². The minimum atomic E-state index is -3.79. The molecule has 1 aliphatic carbocycles. The van der Waals surface area contributed by atoms with Crippen molar-refractivity contribution in [3.8, 4) is 28.3 Å². The Bertz CT molecular complexity index is 1750. The van der Waals surface area contributed by atoms with Gasteiger partial charge in [-0.15, -0.1) is 0 Å². The van der Waals surface area contributed by atoms with E-state index in [1.54, 1.807) is 55.5 Å². The van der Waals surface area contributed by atoms with E-state index in [0.29, 0.717) is 52.4 Å². The Labute approximate surface area is 225 Å². The lowest BCUT2D eigenvalue weighted by molar-refractivity contribution is 0.0978. The van der Waals surface area contributed by atoms with Crippen LogP contribution in [0.25, 0.3) is 28.7 Å². The van der Waals surface area contributed by atoms with Crippen molar-refractivity contribution in [3.05, 3.63) is 101 Å². The van der Waals surface area contributed by atoms with Crippen molar-refractivity contribution in [3.63, 3.8) is 0 Å². The number of ether oxygens (including phenoxy) is 1. The lowest BCUT2D eigenvalue weighted by atomic mass is 9.94. The van der Waals surface area contributed by atoms with E-state index in [0.717, 1.165) is 5.56 Å². The van der Waals surface area contributed by atoms with Gasteiger partial charge in [0.15, 0.2) is 5.78 Å². The molecule has 1 aromatic heterocycles. The molecule has 4 aromatic rings. The van der Waals surface area contributed by atoms with Crippen LogP contribution in [0.2, 0.25) is 0 Å². The second-order valence-corrected chi connectivity index (χ2v) is 12.1. The molecule has 1 aliphatic heterocycles. The third-order valence-electron chi connectivity index (χ3n) is 7.08. The van der Waals surface area contributed by atoms with E-state index in [-0.39, 0.29) is 18.0 Å². The van der Waals surface area contributed by atoms with Crippen molar-refractivity contribution in [2.45, 2.75) is 24.5 Å². The molecule has 8 nitrogen and oxygen atoms in total. The third kappa shape index (κ3) is 4.66. The van der Waals surface area contributed by atoms with E-state index in [4.69, 9.17) is 9.15 Å². The van der Waals surface area contributed by atoms with Crippen LogP contribution in [-0.4, -0.2) is 36.4 Å². The minimum absolute atomic E-state index is 0.0434. The van der Waals surface area contributed by atoms with E-state index in [1.165, 1.54) is 6.26 Å². The number of aromatic nitrogens is 1. The lowest BCUT2D eigenvalue weighted by Crippen LogP contribution is -2.38. The fraction of sp³-hybridized carbons (Fsp3) is 0.167. The number of ketones is 1. The molecule has 1 fully saturated rings. The summed E-state index contributed by atoms with van der Waals surface area (Å²) >= 11 is 0. The van der Waals surface area contributed by atoms with Crippen LogP contribution in [0.15, 0.2) is 89.0 Å². The summed E-state index contributed by atoms with van der Waals surface area (Å²) < 4.78 is 38.0. The third-order valence-corrected chi connectivity index (χ3v) is 9.24. The van der Waals surface area contributed by atoms with Gasteiger partial charge >= 0.3 is 0 Å². The molecule has 3 aromatic carbocycles. The number of fused-ring (bicyclic) bond motifs is 1. The van der Waals surface area contributed by atoms with Crippen LogP contribution in [0.5, 0.6) is 5.75 Å². The van der Waals surface area contributed by atoms with Gasteiger partial charge in [-0.25, -0.2) is 18.1 Å². The zero-order chi connectivity index (χ0) is 27.2. The number of Topliss-reactive ketones (excluding diaryl/α,β-unsaturated/α-hetero) is 1. The molecule has 1 amide bonds. The Hall–Kier alpha value is -4.50. The van der Waals surface area contributed by atoms with E-state index in [9.17, 15) is 18.0 Å². The second kappa shape index (κ2) is 9.36. The van der Waals surface area contributed by atoms with Gasteiger partial charge in [-0.1, -0.05) is 42.5 Å². The standard InChI is InChI=1S/C30H24N2O6S/c1-30(13-14-30)39(35,36)32-28(34)24-10-6-5-9-23(24)20-11-12-25-26(16-20)37-17-21(27(25)33)15-22-18-38-29(31-22)19-7-3-2-4-8-19/h2-12,15-16,18H,13-14,17H2,1H3,(H,32,34). The second-order valence-electron chi connectivity index (χ2n) is 9.87. The fourth-order valence-corrected chi connectivity index (χ4v) is 5.66. The van der Waals surface area contributed by atoms with Gasteiger partial charge in [0.1, 0.15) is 24.3 Å². The minimum Gasteiger partial charge on any atom is -0.488 e. The zero-order valence-corrected chi connectivity index (χ0v) is 21.8. The summed E-state index contributed by atoms with van der Waals surface area (Å²) in [4.78, 5) is 30.7. The summed E-state index contributed by atoms with van der Waals surface area (Å²) in [7, 11) is -3.79. The lowest BCUT2D eigenvalue weighted by Gasteiger charge is -2.20. The molecular weight excluding hydrogens is 516 g/mol. The first-order valence-corrected chi connectivity index (χ1v) is 13.9. The monoisotopic (exact) mass is 540 g/mol. The molecule has 0 bridgehead atoms. The molecular formula is C30H24N2O6S. The van der Waals surface area contributed by atoms with Crippen LogP contribution in [0.3, 0.4) is 0 Å². The van der Waals surface area contributed by atoms with Crippen molar-refractivity contribution in [2.75, 3.05) is 6.61 Å². The Balaban J connectivity index is 1.25. The van der Waals surface area contributed by atoms with Crippen molar-refractivity contribution in [1.29, 1.82) is 0 Å². The SMILES string of the molecule is CC1(S(=O)(=O)NC(=O)c2ccccc2-c2ccc3c(c2)OCC(=Cc2coc(-c4ccccc4)n2)C3=O)CC1. The number of hydrogen-bond acceptors (Lipinski definition) is 7. The number of amides is 1. The highest BCUT2D eigenvalue weighted by Gasteiger charge is 2.51. The summed E-state index contributed by atoms with van der Waals surface area (Å²) in [5.74, 6) is -0.0467. The molecule has 196 valence electrons. The molecule has 0 radical (unpaired) electrons. The smallest absolute Gasteiger partial charge is 0.265 e. The van der Waals surface area contributed by atoms with E-state index in [1.807, 2.05) is 30.3 Å². The summed E-state index contributed by atoms with van der Waals surface area (Å²) in [6.45, 7) is 1.67. The first-order chi connectivity index (χ1) is 18.7. The highest BCUT2D eigenvalue weighted by Crippen LogP contribution is 2.42. The van der Waals surface area contributed by atoms with Crippen LogP contribution in [0, 0.1) is 0 Å². The molecule has 0 spiro atoms. The number of carbonyl (C=O) groups is 2. The average molecular weight is 541 g/mol. The van der Waals surface area contributed by atoms with Gasteiger partial charge in [0.25, 0.3) is 5.91 Å². The first kappa shape index (κ1) is 24.8. The predicted molar refractivity (Wildman–Crippen MR) is 146 cm³/mol. The number of oxazole rings is 1. The molecule has 0 unspecified atom stereocenters. The predicted octanol–water partition coefficient (Wildman–Crippen LogP) is 5.28. The molecule has 1 saturated carbocycles. The number of rotatable bonds is 6. The maximum Gasteiger partial charge on any atom is 0.265 e. The molecule has 0 atom stereocenters. The Morgan fingerprint density at radius 3 is 2.49 bits per heavy atom. The molecule has 6 rings (SSSR count). The number of nitrogens with zero attached hydrogens (tertiary/aromatic N) is 1. The van der Waals surface area contributed by atoms with Crippen LogP contribution in [-0.2, 0) is 10.0 Å². The van der Waals surface area contributed by atoms with Crippen molar-refractivity contribution < 1.29 is 27.2 Å². The number of carbonyl (C=O) groups excluding carboxylic acids is 2. The highest BCUT2D eigenvalue weighted by molar-refractivity contribution is 7.91. The fourth-order valence-electron chi connectivity index (χ4n) is 4.42. The number of hydrogen-bond donors (Lipinski definition) is 1. The highest BCUT2D eigenvalue weighted by atomic mass is 32.2. The number of nitrogens with one attached hydrogen (secondary N) is 1. The largest absolute Gasteiger partial charge is 0.488 e.